The van der Waals surface area contributed by atoms with Crippen LogP contribution in [0.15, 0.2) is 70.6 Å². The molecule has 0 atom stereocenters. The average Bonchev–Trinajstić information content (AvgIpc) is 3.08. The monoisotopic (exact) mass is 420 g/mol. The van der Waals surface area contributed by atoms with Crippen LogP contribution in [-0.4, -0.2) is 15.3 Å². The zero-order valence-electron chi connectivity index (χ0n) is 16.7. The molecule has 0 radical (unpaired) electrons. The number of aryl methyl sites for hydroxylation is 1. The fourth-order valence-electron chi connectivity index (χ4n) is 3.51. The minimum absolute atomic E-state index is 0.0161. The molecular weight excluding hydrogens is 396 g/mol. The van der Waals surface area contributed by atoms with Gasteiger partial charge in [-0.15, -0.1) is 11.3 Å². The molecule has 148 valence electrons. The van der Waals surface area contributed by atoms with Crippen LogP contribution < -0.4 is 5.56 Å². The Bertz CT molecular complexity index is 1160. The fraction of sp³-hybridized carbons (Fsp3) is 0.250. The maximum atomic E-state index is 13.8. The van der Waals surface area contributed by atoms with Gasteiger partial charge in [-0.25, -0.2) is 4.98 Å². The molecule has 4 rings (SSSR count). The number of hydrogen-bond acceptors (Lipinski definition) is 4. The van der Waals surface area contributed by atoms with Gasteiger partial charge in [0.05, 0.1) is 11.1 Å². The molecular formula is C24H24N2OS2. The van der Waals surface area contributed by atoms with E-state index >= 15 is 0 Å². The normalized spacial score (nSPS) is 11.2. The number of hydrogen-bond donors (Lipinski definition) is 0. The minimum Gasteiger partial charge on any atom is -0.268 e. The van der Waals surface area contributed by atoms with Crippen LogP contribution in [0, 0.1) is 6.92 Å². The summed E-state index contributed by atoms with van der Waals surface area (Å²) in [6.07, 6.45) is 3.51. The van der Waals surface area contributed by atoms with Gasteiger partial charge in [0, 0.05) is 16.2 Å². The van der Waals surface area contributed by atoms with Crippen LogP contribution in [0.5, 0.6) is 0 Å². The first-order valence-electron chi connectivity index (χ1n) is 10.0. The van der Waals surface area contributed by atoms with Crippen molar-refractivity contribution < 1.29 is 0 Å². The third-order valence-electron chi connectivity index (χ3n) is 4.93. The molecule has 0 unspecified atom stereocenters. The quantitative estimate of drug-likeness (QED) is 0.189. The van der Waals surface area contributed by atoms with E-state index in [0.29, 0.717) is 0 Å². The van der Waals surface area contributed by atoms with E-state index in [0.717, 1.165) is 49.2 Å². The summed E-state index contributed by atoms with van der Waals surface area (Å²) in [5.41, 5.74) is 2.96. The Morgan fingerprint density at radius 1 is 1.00 bits per heavy atom. The molecule has 0 bridgehead atoms. The fourth-order valence-corrected chi connectivity index (χ4v) is 5.61. The Hall–Kier alpha value is -2.37. The molecule has 0 amide bonds. The first kappa shape index (κ1) is 19.9. The predicted molar refractivity (Wildman–Crippen MR) is 126 cm³/mol. The van der Waals surface area contributed by atoms with E-state index in [1.54, 1.807) is 27.7 Å². The maximum absolute atomic E-state index is 13.8. The van der Waals surface area contributed by atoms with Gasteiger partial charge in [0.1, 0.15) is 4.83 Å². The summed E-state index contributed by atoms with van der Waals surface area (Å²) in [5.74, 6) is 0.967. The van der Waals surface area contributed by atoms with Crippen LogP contribution in [-0.2, 0) is 0 Å². The second kappa shape index (κ2) is 8.97. The van der Waals surface area contributed by atoms with Crippen molar-refractivity contribution in [2.75, 3.05) is 5.75 Å². The van der Waals surface area contributed by atoms with Gasteiger partial charge in [0.2, 0.25) is 0 Å². The summed E-state index contributed by atoms with van der Waals surface area (Å²) < 4.78 is 1.79. The van der Waals surface area contributed by atoms with Gasteiger partial charge in [-0.2, -0.15) is 0 Å². The highest BCUT2D eigenvalue weighted by molar-refractivity contribution is 7.99. The van der Waals surface area contributed by atoms with Crippen molar-refractivity contribution in [3.05, 3.63) is 75.9 Å². The first-order chi connectivity index (χ1) is 14.2. The number of aromatic nitrogens is 2. The van der Waals surface area contributed by atoms with E-state index < -0.39 is 0 Å². The number of benzene rings is 2. The third kappa shape index (κ3) is 4.02. The molecule has 2 aromatic heterocycles. The van der Waals surface area contributed by atoms with Crippen molar-refractivity contribution in [2.45, 2.75) is 38.3 Å². The van der Waals surface area contributed by atoms with Crippen LogP contribution >= 0.6 is 23.1 Å². The molecule has 0 N–H and O–H groups in total. The molecule has 0 saturated heterocycles. The summed E-state index contributed by atoms with van der Waals surface area (Å²) in [4.78, 5) is 20.7. The topological polar surface area (TPSA) is 34.9 Å². The molecule has 0 saturated carbocycles. The van der Waals surface area contributed by atoms with Crippen molar-refractivity contribution in [2.24, 2.45) is 0 Å². The Morgan fingerprint density at radius 3 is 2.38 bits per heavy atom. The van der Waals surface area contributed by atoms with Gasteiger partial charge in [0.15, 0.2) is 5.16 Å². The Morgan fingerprint density at radius 2 is 1.69 bits per heavy atom. The molecule has 2 aromatic carbocycles. The zero-order chi connectivity index (χ0) is 20.2. The molecule has 3 nitrogen and oxygen atoms in total. The van der Waals surface area contributed by atoms with Crippen molar-refractivity contribution in [1.29, 1.82) is 0 Å². The van der Waals surface area contributed by atoms with Crippen molar-refractivity contribution >= 4 is 33.3 Å². The number of thiophene rings is 1. The van der Waals surface area contributed by atoms with E-state index in [1.807, 2.05) is 48.5 Å². The van der Waals surface area contributed by atoms with Crippen molar-refractivity contribution in [3.8, 4) is 16.8 Å². The van der Waals surface area contributed by atoms with E-state index in [-0.39, 0.29) is 5.56 Å². The minimum atomic E-state index is 0.0161. The first-order valence-corrected chi connectivity index (χ1v) is 11.8. The number of rotatable bonds is 7. The highest BCUT2D eigenvalue weighted by Gasteiger charge is 2.20. The molecule has 0 aliphatic rings. The highest BCUT2D eigenvalue weighted by Crippen LogP contribution is 2.37. The Labute approximate surface area is 179 Å². The molecule has 0 aliphatic heterocycles. The molecule has 0 fully saturated rings. The van der Waals surface area contributed by atoms with Crippen molar-refractivity contribution in [3.63, 3.8) is 0 Å². The van der Waals surface area contributed by atoms with Gasteiger partial charge < -0.3 is 0 Å². The van der Waals surface area contributed by atoms with E-state index in [1.165, 1.54) is 12.8 Å². The summed E-state index contributed by atoms with van der Waals surface area (Å²) >= 11 is 3.29. The lowest BCUT2D eigenvalue weighted by molar-refractivity contribution is 0.772. The summed E-state index contributed by atoms with van der Waals surface area (Å²) in [7, 11) is 0. The second-order valence-electron chi connectivity index (χ2n) is 7.01. The molecule has 29 heavy (non-hydrogen) atoms. The van der Waals surface area contributed by atoms with Gasteiger partial charge in [0.25, 0.3) is 5.56 Å². The number of thioether (sulfide) groups is 1. The average molecular weight is 421 g/mol. The van der Waals surface area contributed by atoms with Gasteiger partial charge in [-0.1, -0.05) is 80.1 Å². The lowest BCUT2D eigenvalue weighted by Crippen LogP contribution is -2.21. The molecule has 0 spiro atoms. The molecule has 0 aliphatic carbocycles. The third-order valence-corrected chi connectivity index (χ3v) is 6.95. The zero-order valence-corrected chi connectivity index (χ0v) is 18.4. The molecule has 2 heterocycles. The lowest BCUT2D eigenvalue weighted by Gasteiger charge is -2.12. The number of nitrogens with zero attached hydrogens (tertiary/aromatic N) is 2. The summed E-state index contributed by atoms with van der Waals surface area (Å²) in [6, 6.07) is 20.0. The number of para-hydroxylation sites is 1. The smallest absolute Gasteiger partial charge is 0.268 e. The van der Waals surface area contributed by atoms with Crippen LogP contribution in [0.2, 0.25) is 0 Å². The van der Waals surface area contributed by atoms with E-state index in [9.17, 15) is 4.79 Å². The number of fused-ring (bicyclic) bond motifs is 1. The highest BCUT2D eigenvalue weighted by atomic mass is 32.2. The second-order valence-corrected chi connectivity index (χ2v) is 9.27. The molecule has 4 aromatic rings. The lowest BCUT2D eigenvalue weighted by atomic mass is 10.0. The summed E-state index contributed by atoms with van der Waals surface area (Å²) in [6.45, 7) is 4.28. The van der Waals surface area contributed by atoms with Crippen molar-refractivity contribution in [1.82, 2.24) is 9.55 Å². The Kier molecular flexibility index (Phi) is 6.16. The van der Waals surface area contributed by atoms with E-state index in [2.05, 4.69) is 26.0 Å². The van der Waals surface area contributed by atoms with Crippen LogP contribution in [0.4, 0.5) is 0 Å². The van der Waals surface area contributed by atoms with Crippen LogP contribution in [0.25, 0.3) is 27.0 Å². The summed E-state index contributed by atoms with van der Waals surface area (Å²) in [5, 5.41) is 1.51. The molecule has 5 heteroatoms. The van der Waals surface area contributed by atoms with Gasteiger partial charge in [-0.3, -0.25) is 9.36 Å². The number of unbranched alkanes of at least 4 members (excludes halogenated alkanes) is 2. The van der Waals surface area contributed by atoms with E-state index in [4.69, 9.17) is 4.98 Å². The van der Waals surface area contributed by atoms with Crippen LogP contribution in [0.1, 0.15) is 31.1 Å². The largest absolute Gasteiger partial charge is 0.268 e. The predicted octanol–water partition coefficient (Wildman–Crippen LogP) is 6.70. The van der Waals surface area contributed by atoms with Crippen LogP contribution in [0.3, 0.4) is 0 Å². The van der Waals surface area contributed by atoms with Gasteiger partial charge >= 0.3 is 0 Å². The van der Waals surface area contributed by atoms with Gasteiger partial charge in [-0.05, 0) is 31.0 Å². The standard InChI is InChI=1S/C24H24N2OS2/c1-3-4-11-16-28-24-25-22-21(23(27)26(24)19-14-9-6-10-15-19)20(17(2)29-22)18-12-7-5-8-13-18/h5-10,12-15H,3-4,11,16H2,1-2H3. The maximum Gasteiger partial charge on any atom is 0.268 e. The SMILES string of the molecule is CCCCCSc1nc2sc(C)c(-c3ccccc3)c2c(=O)n1-c1ccccc1. The Balaban J connectivity index is 1.93.